The molecule has 0 spiro atoms. The molecule has 1 aliphatic heterocycles. The van der Waals surface area contributed by atoms with E-state index in [0.717, 1.165) is 5.56 Å². The van der Waals surface area contributed by atoms with Gasteiger partial charge in [0.15, 0.2) is 6.33 Å². The molecule has 178 valence electrons. The van der Waals surface area contributed by atoms with Crippen molar-refractivity contribution in [1.29, 1.82) is 0 Å². The van der Waals surface area contributed by atoms with Crippen molar-refractivity contribution in [2.45, 2.75) is 71.0 Å². The van der Waals surface area contributed by atoms with Gasteiger partial charge in [-0.25, -0.2) is 4.57 Å². The van der Waals surface area contributed by atoms with Crippen molar-refractivity contribution < 1.29 is 23.9 Å². The predicted molar refractivity (Wildman–Crippen MR) is 119 cm³/mol. The first-order valence-corrected chi connectivity index (χ1v) is 11.2. The molecule has 4 atom stereocenters. The first-order chi connectivity index (χ1) is 15.8. The number of benzene rings is 1. The smallest absolute Gasteiger partial charge is 0.313 e. The second kappa shape index (κ2) is 9.60. The second-order valence-electron chi connectivity index (χ2n) is 8.79. The quantitative estimate of drug-likeness (QED) is 0.471. The number of fused-ring (bicyclic) bond motifs is 1. The Hall–Kier alpha value is -2.79. The summed E-state index contributed by atoms with van der Waals surface area (Å²) in [6, 6.07) is 9.77. The molecule has 3 N–H and O–H groups in total. The fourth-order valence-electron chi connectivity index (χ4n) is 4.26. The number of aromatic nitrogens is 4. The monoisotopic (exact) mass is 457 g/mol. The van der Waals surface area contributed by atoms with Crippen LogP contribution in [0.15, 0.2) is 41.5 Å². The minimum Gasteiger partial charge on any atom is -0.853 e. The van der Waals surface area contributed by atoms with Crippen LogP contribution >= 0.6 is 0 Å². The van der Waals surface area contributed by atoms with E-state index in [9.17, 15) is 9.90 Å². The summed E-state index contributed by atoms with van der Waals surface area (Å²) in [4.78, 5) is 19.8. The van der Waals surface area contributed by atoms with E-state index in [1.165, 1.54) is 0 Å². The fraction of sp³-hybridized carbons (Fsp3) is 0.522. The number of ether oxygens (including phenoxy) is 3. The van der Waals surface area contributed by atoms with Gasteiger partial charge in [-0.15, -0.1) is 6.61 Å². The molecular formula is C23H31N5O5. The minimum atomic E-state index is -0.719. The number of hydrogen-bond donors (Lipinski definition) is 2. The van der Waals surface area contributed by atoms with Crippen LogP contribution in [0.5, 0.6) is 0 Å². The maximum Gasteiger partial charge on any atom is 0.313 e. The predicted octanol–water partition coefficient (Wildman–Crippen LogP) is 0.488. The van der Waals surface area contributed by atoms with Crippen molar-refractivity contribution in [2.75, 3.05) is 12.3 Å². The van der Waals surface area contributed by atoms with Crippen LogP contribution in [0, 0.1) is 0 Å². The van der Waals surface area contributed by atoms with E-state index in [1.54, 1.807) is 15.5 Å². The van der Waals surface area contributed by atoms with Gasteiger partial charge < -0.3 is 25.1 Å². The van der Waals surface area contributed by atoms with Gasteiger partial charge in [-0.2, -0.15) is 0 Å². The summed E-state index contributed by atoms with van der Waals surface area (Å²) in [5.74, 6) is -0.00612. The lowest BCUT2D eigenvalue weighted by atomic mass is 10.1. The van der Waals surface area contributed by atoms with E-state index in [4.69, 9.17) is 19.9 Å². The van der Waals surface area contributed by atoms with Crippen molar-refractivity contribution in [3.05, 3.63) is 52.6 Å². The Labute approximate surface area is 191 Å². The Kier molecular flexibility index (Phi) is 6.80. The molecule has 0 radical (unpaired) electrons. The van der Waals surface area contributed by atoms with E-state index in [1.807, 2.05) is 58.0 Å². The molecule has 0 aliphatic carbocycles. The van der Waals surface area contributed by atoms with Crippen molar-refractivity contribution in [3.8, 4) is 0 Å². The highest BCUT2D eigenvalue weighted by atomic mass is 16.6. The van der Waals surface area contributed by atoms with E-state index in [-0.39, 0.29) is 23.7 Å². The van der Waals surface area contributed by atoms with Gasteiger partial charge in [0.1, 0.15) is 12.2 Å². The molecule has 0 unspecified atom stereocenters. The van der Waals surface area contributed by atoms with E-state index in [0.29, 0.717) is 17.7 Å². The van der Waals surface area contributed by atoms with Crippen molar-refractivity contribution in [3.63, 3.8) is 0 Å². The van der Waals surface area contributed by atoms with Gasteiger partial charge in [0, 0.05) is 0 Å². The average molecular weight is 458 g/mol. The third kappa shape index (κ3) is 4.79. The number of rotatable bonds is 8. The molecule has 1 fully saturated rings. The number of imidazole rings is 1. The molecular weight excluding hydrogens is 426 g/mol. The number of nitrogens with zero attached hydrogens (tertiary/aromatic N) is 3. The van der Waals surface area contributed by atoms with Crippen LogP contribution in [0.2, 0.25) is 0 Å². The first-order valence-electron chi connectivity index (χ1n) is 11.2. The zero-order valence-electron chi connectivity index (χ0n) is 19.3. The molecule has 10 heteroatoms. The van der Waals surface area contributed by atoms with Crippen LogP contribution in [0.4, 0.5) is 5.95 Å². The number of anilines is 1. The van der Waals surface area contributed by atoms with Gasteiger partial charge in [-0.1, -0.05) is 35.3 Å². The van der Waals surface area contributed by atoms with Crippen molar-refractivity contribution >= 4 is 17.1 Å². The Balaban J connectivity index is 1.84. The van der Waals surface area contributed by atoms with Gasteiger partial charge in [0.25, 0.3) is 11.5 Å². The average Bonchev–Trinajstić information content (AvgIpc) is 3.26. The lowest BCUT2D eigenvalue weighted by molar-refractivity contribution is -0.747. The topological polar surface area (TPSA) is 131 Å². The first kappa shape index (κ1) is 23.4. The molecule has 0 bridgehead atoms. The zero-order chi connectivity index (χ0) is 23.7. The van der Waals surface area contributed by atoms with Crippen LogP contribution in [0.3, 0.4) is 0 Å². The lowest BCUT2D eigenvalue weighted by Gasteiger charge is -2.28. The van der Waals surface area contributed by atoms with Gasteiger partial charge >= 0.3 is 5.65 Å². The molecule has 3 aromatic rings. The molecule has 0 amide bonds. The highest BCUT2D eigenvalue weighted by molar-refractivity contribution is 5.67. The lowest BCUT2D eigenvalue weighted by Crippen LogP contribution is -2.49. The summed E-state index contributed by atoms with van der Waals surface area (Å²) >= 11 is 0. The molecule has 1 aliphatic rings. The Morgan fingerprint density at radius 2 is 1.85 bits per heavy atom. The van der Waals surface area contributed by atoms with Gasteiger partial charge in [-0.05, 0) is 33.3 Å². The van der Waals surface area contributed by atoms with Crippen LogP contribution in [0.1, 0.15) is 39.5 Å². The molecule has 33 heavy (non-hydrogen) atoms. The normalized spacial score (nSPS) is 23.2. The van der Waals surface area contributed by atoms with Crippen molar-refractivity contribution in [2.24, 2.45) is 0 Å². The van der Waals surface area contributed by atoms with Crippen LogP contribution in [-0.2, 0) is 20.8 Å². The van der Waals surface area contributed by atoms with Crippen LogP contribution in [-0.4, -0.2) is 51.7 Å². The number of nitrogens with one attached hydrogen (secondary N) is 1. The van der Waals surface area contributed by atoms with E-state index < -0.39 is 31.1 Å². The molecule has 1 saturated heterocycles. The maximum absolute atomic E-state index is 12.9. The largest absolute Gasteiger partial charge is 0.853 e. The SMILES string of the molecule is CC(C)O[C@@H]1[C@H](OC(C)C)[C@@H](C[O-])O[C@H]1[n+]1cn(Cc2ccccc2)c2c(=O)[nH]c(N)nc21. The molecule has 4 rings (SSSR count). The maximum atomic E-state index is 12.9. The number of hydrogen-bond acceptors (Lipinski definition) is 7. The Morgan fingerprint density at radius 1 is 1.18 bits per heavy atom. The molecule has 10 nitrogen and oxygen atoms in total. The van der Waals surface area contributed by atoms with Gasteiger partial charge in [0.2, 0.25) is 11.7 Å². The highest BCUT2D eigenvalue weighted by Crippen LogP contribution is 2.32. The summed E-state index contributed by atoms with van der Waals surface area (Å²) in [5.41, 5.74) is 7.24. The Morgan fingerprint density at radius 3 is 2.48 bits per heavy atom. The summed E-state index contributed by atoms with van der Waals surface area (Å²) in [6.45, 7) is 7.60. The molecule has 0 saturated carbocycles. The summed E-state index contributed by atoms with van der Waals surface area (Å²) < 4.78 is 22.0. The fourth-order valence-corrected chi connectivity index (χ4v) is 4.26. The zero-order valence-corrected chi connectivity index (χ0v) is 19.3. The third-order valence-electron chi connectivity index (χ3n) is 5.47. The molecule has 1 aromatic carbocycles. The number of aromatic amines is 1. The number of nitrogen functional groups attached to an aromatic ring is 1. The number of nitrogens with two attached hydrogens (primary N) is 1. The van der Waals surface area contributed by atoms with E-state index in [2.05, 4.69) is 9.97 Å². The Bertz CT molecular complexity index is 1140. The van der Waals surface area contributed by atoms with Gasteiger partial charge in [-0.3, -0.25) is 14.3 Å². The standard InChI is InChI=1S/C23H31N5O5/c1-13(2)31-18-16(11-29)33-22(19(18)32-14(3)4)28-12-27(10-15-8-6-5-7-9-15)17-20(28)25-23(24)26-21(17)30/h5-9,12-14,16,18-19,22H,10-11H2,1-4H3,(H3,24,25,26,30)/t16-,18-,19-,22-/m1/s1. The van der Waals surface area contributed by atoms with Crippen LogP contribution in [0.25, 0.3) is 11.2 Å². The summed E-state index contributed by atoms with van der Waals surface area (Å²) in [5, 5.41) is 12.0. The third-order valence-corrected chi connectivity index (χ3v) is 5.47. The number of H-pyrrole nitrogens is 1. The van der Waals surface area contributed by atoms with E-state index >= 15 is 0 Å². The summed E-state index contributed by atoms with van der Waals surface area (Å²) in [7, 11) is 0. The van der Waals surface area contributed by atoms with Crippen LogP contribution < -0.4 is 21.0 Å². The highest BCUT2D eigenvalue weighted by Gasteiger charge is 2.49. The second-order valence-corrected chi connectivity index (χ2v) is 8.79. The van der Waals surface area contributed by atoms with Gasteiger partial charge in [0.05, 0.1) is 24.9 Å². The molecule has 3 heterocycles. The molecule has 2 aromatic heterocycles. The minimum absolute atomic E-state index is 0.00612. The van der Waals surface area contributed by atoms with Crippen molar-refractivity contribution in [1.82, 2.24) is 14.5 Å². The summed E-state index contributed by atoms with van der Waals surface area (Å²) in [6.07, 6.45) is -1.05.